The molecule has 0 spiro atoms. The average molecular weight is 515 g/mol. The number of imidazole rings is 1. The molecule has 0 bridgehead atoms. The van der Waals surface area contributed by atoms with E-state index in [1.807, 2.05) is 48.0 Å². The number of carbonyl (C=O) groups excluding carboxylic acids is 3. The van der Waals surface area contributed by atoms with Crippen LogP contribution in [-0.4, -0.2) is 40.1 Å². The van der Waals surface area contributed by atoms with E-state index in [4.69, 9.17) is 14.2 Å². The maximum atomic E-state index is 13.0. The number of nitrogens with zero attached hydrogens (tertiary/aromatic N) is 2. The summed E-state index contributed by atoms with van der Waals surface area (Å²) in [6.45, 7) is 0.216. The molecule has 1 aliphatic heterocycles. The van der Waals surface area contributed by atoms with Gasteiger partial charge in [-0.25, -0.2) is 14.6 Å². The van der Waals surface area contributed by atoms with Gasteiger partial charge in [-0.15, -0.1) is 0 Å². The molecule has 1 aromatic heterocycles. The second-order valence-corrected chi connectivity index (χ2v) is 8.93. The van der Waals surface area contributed by atoms with Crippen molar-refractivity contribution in [1.82, 2.24) is 20.2 Å². The minimum Gasteiger partial charge on any atom is -0.497 e. The van der Waals surface area contributed by atoms with Crippen molar-refractivity contribution in [2.75, 3.05) is 7.11 Å². The van der Waals surface area contributed by atoms with E-state index in [0.29, 0.717) is 11.3 Å². The summed E-state index contributed by atoms with van der Waals surface area (Å²) in [5.74, 6) is 0.488. The van der Waals surface area contributed by atoms with Crippen molar-refractivity contribution in [2.24, 2.45) is 7.05 Å². The molecule has 3 aromatic carbocycles. The summed E-state index contributed by atoms with van der Waals surface area (Å²) in [6.07, 6.45) is -0.0783. The quantitative estimate of drug-likeness (QED) is 0.200. The monoisotopic (exact) mass is 514 g/mol. The van der Waals surface area contributed by atoms with Gasteiger partial charge in [0.05, 0.1) is 18.1 Å². The van der Waals surface area contributed by atoms with Crippen molar-refractivity contribution in [1.29, 1.82) is 0 Å². The van der Waals surface area contributed by atoms with Crippen LogP contribution < -0.4 is 20.1 Å². The lowest BCUT2D eigenvalue weighted by Gasteiger charge is -2.24. The highest BCUT2D eigenvalue weighted by Gasteiger charge is 2.54. The molecular weight excluding hydrogens is 488 g/mol. The summed E-state index contributed by atoms with van der Waals surface area (Å²) in [7, 11) is 3.53. The highest BCUT2D eigenvalue weighted by molar-refractivity contribution is 6.19. The lowest BCUT2D eigenvalue weighted by atomic mass is 9.91. The number of imide groups is 1. The van der Waals surface area contributed by atoms with Gasteiger partial charge in [-0.05, 0) is 35.4 Å². The molecule has 38 heavy (non-hydrogen) atoms. The maximum absolute atomic E-state index is 13.0. The Morgan fingerprint density at radius 2 is 1.68 bits per heavy atom. The molecule has 1 aliphatic rings. The topological polar surface area (TPSA) is 121 Å². The van der Waals surface area contributed by atoms with Crippen molar-refractivity contribution in [3.63, 3.8) is 0 Å². The van der Waals surface area contributed by atoms with Gasteiger partial charge in [0.1, 0.15) is 30.5 Å². The summed E-state index contributed by atoms with van der Waals surface area (Å²) in [4.78, 5) is 42.3. The molecule has 0 unspecified atom stereocenters. The first-order valence-electron chi connectivity index (χ1n) is 11.9. The third kappa shape index (κ3) is 4.88. The van der Waals surface area contributed by atoms with Crippen molar-refractivity contribution in [2.45, 2.75) is 25.2 Å². The second-order valence-electron chi connectivity index (χ2n) is 8.93. The van der Waals surface area contributed by atoms with Crippen LogP contribution in [-0.2, 0) is 41.0 Å². The lowest BCUT2D eigenvalue weighted by Crippen LogP contribution is -2.56. The number of carbonyl (C=O) groups is 3. The minimum absolute atomic E-state index is 0.0215. The average Bonchev–Trinajstić information content (AvgIpc) is 3.41. The number of benzene rings is 3. The number of rotatable bonds is 9. The van der Waals surface area contributed by atoms with E-state index in [2.05, 4.69) is 15.6 Å². The van der Waals surface area contributed by atoms with Gasteiger partial charge in [0.2, 0.25) is 5.54 Å². The first-order valence-corrected chi connectivity index (χ1v) is 11.9. The summed E-state index contributed by atoms with van der Waals surface area (Å²) < 4.78 is 18.6. The molecule has 2 N–H and O–H groups in total. The fourth-order valence-electron chi connectivity index (χ4n) is 4.31. The molecule has 194 valence electrons. The Labute approximate surface area is 218 Å². The first kappa shape index (κ1) is 24.8. The smallest absolute Gasteiger partial charge is 0.342 e. The minimum atomic E-state index is -1.86. The van der Waals surface area contributed by atoms with Crippen LogP contribution in [0.2, 0.25) is 0 Å². The number of hydrogen-bond donors (Lipinski definition) is 2. The SMILES string of the molecule is COc1ccc2nc(COc3ccc(C[C@@]4(C(=O)OCc5ccccc5)NC(=O)NC4=O)cc3)n(C)c2c1. The number of amides is 3. The van der Waals surface area contributed by atoms with Gasteiger partial charge >= 0.3 is 12.0 Å². The number of ether oxygens (including phenoxy) is 3. The van der Waals surface area contributed by atoms with E-state index >= 15 is 0 Å². The van der Waals surface area contributed by atoms with E-state index in [1.165, 1.54) is 0 Å². The van der Waals surface area contributed by atoms with Crippen LogP contribution in [0.15, 0.2) is 72.8 Å². The predicted molar refractivity (Wildman–Crippen MR) is 137 cm³/mol. The predicted octanol–water partition coefficient (Wildman–Crippen LogP) is 3.03. The summed E-state index contributed by atoms with van der Waals surface area (Å²) >= 11 is 0. The van der Waals surface area contributed by atoms with Crippen molar-refractivity contribution < 1.29 is 28.6 Å². The Morgan fingerprint density at radius 1 is 0.947 bits per heavy atom. The van der Waals surface area contributed by atoms with Gasteiger partial charge < -0.3 is 24.1 Å². The molecule has 1 saturated heterocycles. The zero-order chi connectivity index (χ0) is 26.7. The third-order valence-corrected chi connectivity index (χ3v) is 6.44. The molecule has 3 amide bonds. The number of hydrogen-bond acceptors (Lipinski definition) is 7. The van der Waals surface area contributed by atoms with E-state index in [0.717, 1.165) is 28.2 Å². The normalized spacial score (nSPS) is 16.7. The molecule has 10 nitrogen and oxygen atoms in total. The maximum Gasteiger partial charge on any atom is 0.342 e. The molecule has 10 heteroatoms. The van der Waals surface area contributed by atoms with E-state index < -0.39 is 23.4 Å². The van der Waals surface area contributed by atoms with Crippen LogP contribution in [0.25, 0.3) is 11.0 Å². The van der Waals surface area contributed by atoms with Crippen LogP contribution in [0, 0.1) is 0 Å². The molecule has 1 atom stereocenters. The van der Waals surface area contributed by atoms with Gasteiger partial charge in [-0.3, -0.25) is 10.1 Å². The summed E-state index contributed by atoms with van der Waals surface area (Å²) in [6, 6.07) is 21.0. The standard InChI is InChI=1S/C28H26N4O6/c1-32-23-14-21(36-2)12-13-22(23)29-24(32)17-37-20-10-8-18(9-11-20)15-28(25(33)30-27(35)31-28)26(34)38-16-19-6-4-3-5-7-19/h3-14H,15-17H2,1-2H3,(H2,30,31,33,35)/t28-/m1/s1. The van der Waals surface area contributed by atoms with Crippen molar-refractivity contribution >= 4 is 28.9 Å². The van der Waals surface area contributed by atoms with Gasteiger partial charge in [-0.1, -0.05) is 42.5 Å². The molecule has 4 aromatic rings. The Hall–Kier alpha value is -4.86. The molecule has 0 saturated carbocycles. The fraction of sp³-hybridized carbons (Fsp3) is 0.214. The summed E-state index contributed by atoms with van der Waals surface area (Å²) in [5.41, 5.74) is 1.31. The number of fused-ring (bicyclic) bond motifs is 1. The van der Waals surface area contributed by atoms with Gasteiger partial charge in [-0.2, -0.15) is 0 Å². The highest BCUT2D eigenvalue weighted by atomic mass is 16.5. The van der Waals surface area contributed by atoms with E-state index in [9.17, 15) is 14.4 Å². The van der Waals surface area contributed by atoms with Crippen LogP contribution in [0.3, 0.4) is 0 Å². The number of urea groups is 1. The Kier molecular flexibility index (Phi) is 6.69. The zero-order valence-corrected chi connectivity index (χ0v) is 20.9. The number of nitrogens with one attached hydrogen (secondary N) is 2. The largest absolute Gasteiger partial charge is 0.497 e. The summed E-state index contributed by atoms with van der Waals surface area (Å²) in [5, 5.41) is 4.61. The molecule has 1 fully saturated rings. The third-order valence-electron chi connectivity index (χ3n) is 6.44. The van der Waals surface area contributed by atoms with Crippen molar-refractivity contribution in [3.05, 3.63) is 89.7 Å². The van der Waals surface area contributed by atoms with Crippen LogP contribution in [0.1, 0.15) is 17.0 Å². The van der Waals surface area contributed by atoms with E-state index in [1.54, 1.807) is 43.5 Å². The number of methoxy groups -OCH3 is 1. The molecule has 0 aliphatic carbocycles. The Balaban J connectivity index is 1.27. The van der Waals surface area contributed by atoms with Gasteiger partial charge in [0.25, 0.3) is 5.91 Å². The number of esters is 1. The molecule has 2 heterocycles. The Morgan fingerprint density at radius 3 is 2.37 bits per heavy atom. The highest BCUT2D eigenvalue weighted by Crippen LogP contribution is 2.24. The second kappa shape index (κ2) is 10.3. The number of aryl methyl sites for hydroxylation is 1. The number of aromatic nitrogens is 2. The van der Waals surface area contributed by atoms with Crippen LogP contribution in [0.5, 0.6) is 11.5 Å². The van der Waals surface area contributed by atoms with Crippen molar-refractivity contribution in [3.8, 4) is 11.5 Å². The Bertz CT molecular complexity index is 1500. The molecule has 5 rings (SSSR count). The molecule has 0 radical (unpaired) electrons. The fourth-order valence-corrected chi connectivity index (χ4v) is 4.31. The van der Waals surface area contributed by atoms with Crippen LogP contribution in [0.4, 0.5) is 4.79 Å². The van der Waals surface area contributed by atoms with Gasteiger partial charge in [0.15, 0.2) is 0 Å². The van der Waals surface area contributed by atoms with Gasteiger partial charge in [0, 0.05) is 19.5 Å². The first-order chi connectivity index (χ1) is 18.4. The van der Waals surface area contributed by atoms with Crippen LogP contribution >= 0.6 is 0 Å². The lowest BCUT2D eigenvalue weighted by molar-refractivity contribution is -0.155. The molecular formula is C28H26N4O6. The van der Waals surface area contributed by atoms with E-state index in [-0.39, 0.29) is 19.6 Å². The zero-order valence-electron chi connectivity index (χ0n) is 20.9.